The van der Waals surface area contributed by atoms with Crippen molar-refractivity contribution in [1.29, 1.82) is 0 Å². The summed E-state index contributed by atoms with van der Waals surface area (Å²) in [5.41, 5.74) is 0.487. The van der Waals surface area contributed by atoms with Crippen molar-refractivity contribution in [2.75, 3.05) is 5.32 Å². The Hall–Kier alpha value is -1.89. The van der Waals surface area contributed by atoms with Gasteiger partial charge in [0.15, 0.2) is 0 Å². The molecule has 22 heavy (non-hydrogen) atoms. The molecule has 0 atom stereocenters. The van der Waals surface area contributed by atoms with Crippen molar-refractivity contribution in [2.45, 2.75) is 38.8 Å². The van der Waals surface area contributed by atoms with E-state index in [4.69, 9.17) is 0 Å². The van der Waals surface area contributed by atoms with Crippen LogP contribution in [-0.2, 0) is 24.3 Å². The fourth-order valence-corrected chi connectivity index (χ4v) is 3.00. The zero-order valence-corrected chi connectivity index (χ0v) is 13.7. The summed E-state index contributed by atoms with van der Waals surface area (Å²) in [6.45, 7) is 0.625. The lowest BCUT2D eigenvalue weighted by atomic mass is 10.2. The van der Waals surface area contributed by atoms with E-state index in [2.05, 4.69) is 26.3 Å². The van der Waals surface area contributed by atoms with Crippen LogP contribution in [0.25, 0.3) is 0 Å². The van der Waals surface area contributed by atoms with Gasteiger partial charge in [-0.05, 0) is 40.9 Å². The fourth-order valence-electron chi connectivity index (χ4n) is 2.62. The van der Waals surface area contributed by atoms with E-state index in [-0.39, 0.29) is 18.1 Å². The molecule has 0 bridgehead atoms. The molecule has 0 radical (unpaired) electrons. The topological polar surface area (TPSA) is 68.9 Å². The summed E-state index contributed by atoms with van der Waals surface area (Å²) >= 11 is 3.38. The van der Waals surface area contributed by atoms with Crippen LogP contribution in [0.3, 0.4) is 0 Å². The Morgan fingerprint density at radius 1 is 1.27 bits per heavy atom. The Bertz CT molecular complexity index is 750. The van der Waals surface area contributed by atoms with Gasteiger partial charge in [0.2, 0.25) is 5.91 Å². The van der Waals surface area contributed by atoms with Gasteiger partial charge >= 0.3 is 5.69 Å². The Balaban J connectivity index is 1.75. The molecule has 1 aromatic heterocycles. The van der Waals surface area contributed by atoms with E-state index < -0.39 is 0 Å². The molecule has 1 amide bonds. The maximum absolute atomic E-state index is 12.3. The smallest absolute Gasteiger partial charge is 0.323 e. The molecule has 1 aromatic carbocycles. The number of rotatable bonds is 3. The molecular formula is C15H17BrN4O2. The van der Waals surface area contributed by atoms with Crippen molar-refractivity contribution < 1.29 is 4.79 Å². The van der Waals surface area contributed by atoms with Crippen LogP contribution in [0.4, 0.5) is 5.69 Å². The van der Waals surface area contributed by atoms with E-state index >= 15 is 0 Å². The predicted octanol–water partition coefficient (Wildman–Crippen LogP) is 2.17. The zero-order chi connectivity index (χ0) is 15.5. The summed E-state index contributed by atoms with van der Waals surface area (Å²) in [5.74, 6) is 0.526. The molecule has 116 valence electrons. The molecule has 6 nitrogen and oxygen atoms in total. The molecule has 1 aliphatic heterocycles. The van der Waals surface area contributed by atoms with Crippen molar-refractivity contribution in [2.24, 2.45) is 0 Å². The number of benzene rings is 1. The minimum absolute atomic E-state index is 0.0693. The van der Waals surface area contributed by atoms with Gasteiger partial charge in [-0.15, -0.1) is 0 Å². The van der Waals surface area contributed by atoms with Gasteiger partial charge in [0.05, 0.1) is 5.69 Å². The van der Waals surface area contributed by atoms with Crippen LogP contribution in [-0.4, -0.2) is 20.3 Å². The molecule has 0 fully saturated rings. The highest BCUT2D eigenvalue weighted by molar-refractivity contribution is 9.10. The summed E-state index contributed by atoms with van der Waals surface area (Å²) in [6, 6.07) is 7.36. The molecule has 0 unspecified atom stereocenters. The average Bonchev–Trinajstić information content (AvgIpc) is 2.67. The van der Waals surface area contributed by atoms with Gasteiger partial charge in [0.25, 0.3) is 0 Å². The number of nitrogens with one attached hydrogen (secondary N) is 1. The number of hydrogen-bond acceptors (Lipinski definition) is 3. The molecule has 1 N–H and O–H groups in total. The summed E-state index contributed by atoms with van der Waals surface area (Å²) in [7, 11) is 0. The van der Waals surface area contributed by atoms with Gasteiger partial charge in [-0.3, -0.25) is 9.36 Å². The van der Waals surface area contributed by atoms with E-state index in [1.54, 1.807) is 10.6 Å². The lowest BCUT2D eigenvalue weighted by Gasteiger charge is -2.06. The number of anilines is 1. The minimum atomic E-state index is -0.262. The molecular weight excluding hydrogens is 348 g/mol. The normalized spacial score (nSPS) is 14.2. The minimum Gasteiger partial charge on any atom is -0.323 e. The van der Waals surface area contributed by atoms with Crippen LogP contribution in [0.5, 0.6) is 0 Å². The first-order chi connectivity index (χ1) is 10.6. The van der Waals surface area contributed by atoms with E-state index in [1.165, 1.54) is 4.68 Å². The maximum atomic E-state index is 12.3. The van der Waals surface area contributed by atoms with Crippen molar-refractivity contribution in [3.05, 3.63) is 45.0 Å². The number of hydrogen-bond donors (Lipinski definition) is 1. The molecule has 2 aromatic rings. The van der Waals surface area contributed by atoms with Crippen LogP contribution >= 0.6 is 15.9 Å². The molecule has 0 saturated heterocycles. The Kier molecular flexibility index (Phi) is 4.42. The second-order valence-electron chi connectivity index (χ2n) is 5.35. The predicted molar refractivity (Wildman–Crippen MR) is 86.8 cm³/mol. The Morgan fingerprint density at radius 2 is 2.09 bits per heavy atom. The van der Waals surface area contributed by atoms with Crippen LogP contribution in [0.15, 0.2) is 33.5 Å². The zero-order valence-electron chi connectivity index (χ0n) is 12.1. The van der Waals surface area contributed by atoms with E-state index in [0.29, 0.717) is 12.2 Å². The second-order valence-corrected chi connectivity index (χ2v) is 6.20. The highest BCUT2D eigenvalue weighted by atomic mass is 79.9. The summed E-state index contributed by atoms with van der Waals surface area (Å²) in [5, 5.41) is 7.09. The van der Waals surface area contributed by atoms with Crippen LogP contribution in [0.2, 0.25) is 0 Å². The van der Waals surface area contributed by atoms with Gasteiger partial charge in [0, 0.05) is 17.4 Å². The van der Waals surface area contributed by atoms with E-state index in [0.717, 1.165) is 36.0 Å². The van der Waals surface area contributed by atoms with Crippen molar-refractivity contribution in [3.8, 4) is 0 Å². The quantitative estimate of drug-likeness (QED) is 0.907. The highest BCUT2D eigenvalue weighted by Gasteiger charge is 2.17. The number of carbonyl (C=O) groups is 1. The van der Waals surface area contributed by atoms with Gasteiger partial charge in [-0.2, -0.15) is 5.10 Å². The summed E-state index contributed by atoms with van der Waals surface area (Å²) in [6.07, 6.45) is 3.95. The molecule has 0 saturated carbocycles. The van der Waals surface area contributed by atoms with Crippen LogP contribution in [0, 0.1) is 0 Å². The maximum Gasteiger partial charge on any atom is 0.346 e. The van der Waals surface area contributed by atoms with Gasteiger partial charge in [0.1, 0.15) is 12.4 Å². The molecule has 2 heterocycles. The number of fused-ring (bicyclic) bond motifs is 1. The van der Waals surface area contributed by atoms with Crippen molar-refractivity contribution >= 4 is 27.5 Å². The van der Waals surface area contributed by atoms with Gasteiger partial charge in [-0.1, -0.05) is 18.6 Å². The monoisotopic (exact) mass is 364 g/mol. The van der Waals surface area contributed by atoms with E-state index in [9.17, 15) is 9.59 Å². The third kappa shape index (κ3) is 3.14. The third-order valence-electron chi connectivity index (χ3n) is 3.72. The number of aromatic nitrogens is 3. The number of aryl methyl sites for hydroxylation is 1. The third-order valence-corrected chi connectivity index (χ3v) is 4.41. The molecule has 1 aliphatic rings. The van der Waals surface area contributed by atoms with Crippen molar-refractivity contribution in [1.82, 2.24) is 14.3 Å². The largest absolute Gasteiger partial charge is 0.346 e. The fraction of sp³-hybridized carbons (Fsp3) is 0.400. The molecule has 3 rings (SSSR count). The van der Waals surface area contributed by atoms with Crippen molar-refractivity contribution in [3.63, 3.8) is 0 Å². The lowest BCUT2D eigenvalue weighted by Crippen LogP contribution is -2.30. The van der Waals surface area contributed by atoms with Gasteiger partial charge < -0.3 is 5.32 Å². The highest BCUT2D eigenvalue weighted by Crippen LogP contribution is 2.21. The molecule has 7 heteroatoms. The van der Waals surface area contributed by atoms with Crippen LogP contribution in [0.1, 0.15) is 25.1 Å². The molecule has 0 aliphatic carbocycles. The van der Waals surface area contributed by atoms with E-state index in [1.807, 2.05) is 18.2 Å². The first kappa shape index (κ1) is 15.0. The first-order valence-electron chi connectivity index (χ1n) is 7.36. The summed E-state index contributed by atoms with van der Waals surface area (Å²) in [4.78, 5) is 24.4. The average molecular weight is 365 g/mol. The number of amides is 1. The first-order valence-corrected chi connectivity index (χ1v) is 8.15. The lowest BCUT2D eigenvalue weighted by molar-refractivity contribution is -0.117. The van der Waals surface area contributed by atoms with Gasteiger partial charge in [-0.25, -0.2) is 9.48 Å². The Morgan fingerprint density at radius 3 is 2.91 bits per heavy atom. The van der Waals surface area contributed by atoms with Crippen LogP contribution < -0.4 is 11.0 Å². The number of para-hydroxylation sites is 1. The molecule has 0 spiro atoms. The SMILES string of the molecule is O=C(Cn1nc2n(c1=O)CCCCC2)Nc1ccccc1Br. The Labute approximate surface area is 136 Å². The second kappa shape index (κ2) is 6.48. The standard InChI is InChI=1S/C15H17BrN4O2/c16-11-6-3-4-7-12(11)17-14(21)10-20-15(22)19-9-5-1-2-8-13(19)18-20/h3-4,6-7H,1-2,5,8-10H2,(H,17,21). The number of nitrogens with zero attached hydrogens (tertiary/aromatic N) is 3. The number of halogens is 1. The summed E-state index contributed by atoms with van der Waals surface area (Å²) < 4.78 is 3.75. The number of carbonyl (C=O) groups excluding carboxylic acids is 1.